The minimum Gasteiger partial charge on any atom is -0.497 e. The van der Waals surface area contributed by atoms with Gasteiger partial charge in [-0.25, -0.2) is 4.68 Å². The van der Waals surface area contributed by atoms with Crippen LogP contribution in [0, 0.1) is 12.8 Å². The van der Waals surface area contributed by atoms with E-state index in [2.05, 4.69) is 10.4 Å². The summed E-state index contributed by atoms with van der Waals surface area (Å²) in [6.07, 6.45) is 0. The highest BCUT2D eigenvalue weighted by Crippen LogP contribution is 2.25. The third-order valence-corrected chi connectivity index (χ3v) is 5.63. The molecule has 29 heavy (non-hydrogen) atoms. The molecule has 0 saturated heterocycles. The largest absolute Gasteiger partial charge is 0.497 e. The summed E-state index contributed by atoms with van der Waals surface area (Å²) in [7, 11) is 1.62. The van der Waals surface area contributed by atoms with Gasteiger partial charge in [-0.2, -0.15) is 5.10 Å². The lowest BCUT2D eigenvalue weighted by Crippen LogP contribution is -2.37. The Morgan fingerprint density at radius 1 is 1.14 bits per heavy atom. The quantitative estimate of drug-likeness (QED) is 0.642. The highest BCUT2D eigenvalue weighted by atomic mass is 32.1. The van der Waals surface area contributed by atoms with Gasteiger partial charge in [-0.05, 0) is 48.7 Å². The Hall–Kier alpha value is -2.93. The van der Waals surface area contributed by atoms with Gasteiger partial charge in [0.1, 0.15) is 18.0 Å². The third-order valence-electron chi connectivity index (χ3n) is 4.61. The van der Waals surface area contributed by atoms with E-state index in [0.717, 1.165) is 21.1 Å². The van der Waals surface area contributed by atoms with Crippen LogP contribution in [-0.4, -0.2) is 22.8 Å². The van der Waals surface area contributed by atoms with Gasteiger partial charge in [0.2, 0.25) is 5.91 Å². The fraction of sp³-hybridized carbons (Fsp3) is 0.318. The number of ether oxygens (including phenoxy) is 1. The molecule has 0 saturated carbocycles. The van der Waals surface area contributed by atoms with Crippen molar-refractivity contribution < 1.29 is 9.53 Å². The summed E-state index contributed by atoms with van der Waals surface area (Å²) in [5.41, 5.74) is 1.37. The van der Waals surface area contributed by atoms with E-state index in [0.29, 0.717) is 5.69 Å². The van der Waals surface area contributed by atoms with Crippen molar-refractivity contribution in [3.63, 3.8) is 0 Å². The highest BCUT2D eigenvalue weighted by molar-refractivity contribution is 7.15. The van der Waals surface area contributed by atoms with E-state index in [1.54, 1.807) is 24.5 Å². The van der Waals surface area contributed by atoms with Crippen molar-refractivity contribution in [1.82, 2.24) is 15.1 Å². The molecule has 2 heterocycles. The first kappa shape index (κ1) is 20.8. The fourth-order valence-corrected chi connectivity index (χ4v) is 3.90. The van der Waals surface area contributed by atoms with E-state index >= 15 is 0 Å². The van der Waals surface area contributed by atoms with Crippen LogP contribution in [0.5, 0.6) is 5.75 Å². The maximum Gasteiger partial charge on any atom is 0.267 e. The number of rotatable bonds is 7. The number of carbonyl (C=O) groups excluding carboxylic acids is 1. The molecule has 3 aromatic rings. The summed E-state index contributed by atoms with van der Waals surface area (Å²) in [6, 6.07) is 14.6. The first-order valence-electron chi connectivity index (χ1n) is 9.45. The zero-order chi connectivity index (χ0) is 21.0. The molecule has 3 rings (SSSR count). The van der Waals surface area contributed by atoms with Crippen molar-refractivity contribution in [2.75, 3.05) is 7.11 Å². The van der Waals surface area contributed by atoms with Gasteiger partial charge in [-0.3, -0.25) is 9.59 Å². The Labute approximate surface area is 174 Å². The van der Waals surface area contributed by atoms with Gasteiger partial charge in [0.05, 0.1) is 18.0 Å². The van der Waals surface area contributed by atoms with Crippen molar-refractivity contribution in [2.45, 2.75) is 33.4 Å². The van der Waals surface area contributed by atoms with Crippen LogP contribution in [0.3, 0.4) is 0 Å². The standard InChI is InChI=1S/C22H25N3O3S/c1-14(2)22(16-6-8-17(28-4)9-7-16)23-20(26)13-25-21(27)12-10-18(24-25)19-11-5-15(3)29-19/h5-12,14,22H,13H2,1-4H3,(H,23,26). The number of carbonyl (C=O) groups is 1. The van der Waals surface area contributed by atoms with Gasteiger partial charge >= 0.3 is 0 Å². The smallest absolute Gasteiger partial charge is 0.267 e. The van der Waals surface area contributed by atoms with E-state index in [9.17, 15) is 9.59 Å². The van der Waals surface area contributed by atoms with Crippen LogP contribution < -0.4 is 15.6 Å². The molecular weight excluding hydrogens is 386 g/mol. The number of nitrogens with one attached hydrogen (secondary N) is 1. The molecule has 1 aromatic carbocycles. The second-order valence-electron chi connectivity index (χ2n) is 7.19. The topological polar surface area (TPSA) is 73.2 Å². The molecule has 1 N–H and O–H groups in total. The fourth-order valence-electron chi connectivity index (χ4n) is 3.07. The van der Waals surface area contributed by atoms with Gasteiger partial charge in [0.15, 0.2) is 0 Å². The van der Waals surface area contributed by atoms with E-state index in [1.165, 1.54) is 10.7 Å². The molecule has 152 valence electrons. The van der Waals surface area contributed by atoms with Crippen molar-refractivity contribution in [3.8, 4) is 16.3 Å². The molecule has 1 amide bonds. The second kappa shape index (κ2) is 9.05. The monoisotopic (exact) mass is 411 g/mol. The second-order valence-corrected chi connectivity index (χ2v) is 8.48. The van der Waals surface area contributed by atoms with Crippen molar-refractivity contribution >= 4 is 17.2 Å². The lowest BCUT2D eigenvalue weighted by Gasteiger charge is -2.23. The summed E-state index contributed by atoms with van der Waals surface area (Å²) >= 11 is 1.60. The summed E-state index contributed by atoms with van der Waals surface area (Å²) < 4.78 is 6.41. The van der Waals surface area contributed by atoms with Crippen LogP contribution >= 0.6 is 11.3 Å². The minimum absolute atomic E-state index is 0.129. The van der Waals surface area contributed by atoms with Gasteiger partial charge in [0, 0.05) is 10.9 Å². The highest BCUT2D eigenvalue weighted by Gasteiger charge is 2.19. The Morgan fingerprint density at radius 2 is 1.86 bits per heavy atom. The number of aromatic nitrogens is 2. The molecule has 0 aliphatic heterocycles. The number of hydrogen-bond acceptors (Lipinski definition) is 5. The molecule has 7 heteroatoms. The van der Waals surface area contributed by atoms with Crippen molar-refractivity contribution in [2.24, 2.45) is 5.92 Å². The number of aryl methyl sites for hydroxylation is 1. The number of benzene rings is 1. The van der Waals surface area contributed by atoms with Crippen LogP contribution in [0.15, 0.2) is 53.3 Å². The molecule has 6 nitrogen and oxygen atoms in total. The zero-order valence-electron chi connectivity index (χ0n) is 17.0. The number of hydrogen-bond donors (Lipinski definition) is 1. The van der Waals surface area contributed by atoms with Crippen LogP contribution in [0.2, 0.25) is 0 Å². The number of nitrogens with zero attached hydrogens (tertiary/aromatic N) is 2. The van der Waals surface area contributed by atoms with Crippen LogP contribution in [0.4, 0.5) is 0 Å². The van der Waals surface area contributed by atoms with Gasteiger partial charge in [-0.1, -0.05) is 26.0 Å². The Bertz CT molecular complexity index is 1040. The average molecular weight is 412 g/mol. The summed E-state index contributed by atoms with van der Waals surface area (Å²) in [6.45, 7) is 5.97. The summed E-state index contributed by atoms with van der Waals surface area (Å²) in [4.78, 5) is 27.0. The zero-order valence-corrected chi connectivity index (χ0v) is 17.8. The third kappa shape index (κ3) is 5.12. The lowest BCUT2D eigenvalue weighted by molar-refractivity contribution is -0.123. The Balaban J connectivity index is 1.77. The van der Waals surface area contributed by atoms with E-state index in [-0.39, 0.29) is 30.0 Å². The predicted molar refractivity (Wildman–Crippen MR) is 115 cm³/mol. The Kier molecular flexibility index (Phi) is 6.49. The van der Waals surface area contributed by atoms with Crippen LogP contribution in [0.1, 0.15) is 30.3 Å². The Morgan fingerprint density at radius 3 is 2.45 bits per heavy atom. The summed E-state index contributed by atoms with van der Waals surface area (Å²) in [5.74, 6) is 0.685. The molecule has 1 atom stereocenters. The molecule has 1 unspecified atom stereocenters. The van der Waals surface area contributed by atoms with Crippen molar-refractivity contribution in [3.05, 3.63) is 69.3 Å². The number of amides is 1. The van der Waals surface area contributed by atoms with E-state index in [4.69, 9.17) is 4.74 Å². The maximum absolute atomic E-state index is 12.7. The normalized spacial score (nSPS) is 12.0. The number of methoxy groups -OCH3 is 1. The maximum atomic E-state index is 12.7. The minimum atomic E-state index is -0.303. The molecule has 0 aliphatic carbocycles. The van der Waals surface area contributed by atoms with Crippen LogP contribution in [0.25, 0.3) is 10.6 Å². The predicted octanol–water partition coefficient (Wildman–Crippen LogP) is 3.80. The molecule has 2 aromatic heterocycles. The number of thiophene rings is 1. The van der Waals surface area contributed by atoms with E-state index in [1.807, 2.05) is 57.2 Å². The summed E-state index contributed by atoms with van der Waals surface area (Å²) in [5, 5.41) is 7.41. The SMILES string of the molecule is COc1ccc(C(NC(=O)Cn2nc(-c3ccc(C)s3)ccc2=O)C(C)C)cc1. The average Bonchev–Trinajstić information content (AvgIpc) is 3.14. The molecular formula is C22H25N3O3S. The van der Waals surface area contributed by atoms with Gasteiger partial charge < -0.3 is 10.1 Å². The van der Waals surface area contributed by atoms with Crippen molar-refractivity contribution in [1.29, 1.82) is 0 Å². The van der Waals surface area contributed by atoms with E-state index < -0.39 is 0 Å². The molecule has 0 spiro atoms. The lowest BCUT2D eigenvalue weighted by atomic mass is 9.96. The molecule has 0 bridgehead atoms. The first-order chi connectivity index (χ1) is 13.9. The van der Waals surface area contributed by atoms with Gasteiger partial charge in [0.25, 0.3) is 5.56 Å². The molecule has 0 aliphatic rings. The molecule has 0 fully saturated rings. The first-order valence-corrected chi connectivity index (χ1v) is 10.3. The van der Waals surface area contributed by atoms with Gasteiger partial charge in [-0.15, -0.1) is 11.3 Å². The van der Waals surface area contributed by atoms with Crippen LogP contribution in [-0.2, 0) is 11.3 Å². The molecule has 0 radical (unpaired) electrons.